The van der Waals surface area contributed by atoms with Crippen LogP contribution in [0.1, 0.15) is 36.8 Å². The summed E-state index contributed by atoms with van der Waals surface area (Å²) in [6.07, 6.45) is 4.00. The van der Waals surface area contributed by atoms with E-state index in [-0.39, 0.29) is 17.7 Å². The van der Waals surface area contributed by atoms with Crippen molar-refractivity contribution >= 4 is 11.8 Å². The van der Waals surface area contributed by atoms with Crippen LogP contribution >= 0.6 is 0 Å². The van der Waals surface area contributed by atoms with Crippen molar-refractivity contribution in [1.82, 2.24) is 15.5 Å². The number of likely N-dealkylation sites (tertiary alicyclic amines) is 1. The highest BCUT2D eigenvalue weighted by Gasteiger charge is 2.49. The maximum absolute atomic E-state index is 13.2. The standard InChI is InChI=1S/C28H40N4O3/c1-35-20-17-30-21-26(33)31-16-9-4-10-18-32-19-15-25(22-32)28(27(29)34,23-11-5-2-6-12-23)24-13-7-3-8-14-24/h2-3,5-8,11-14,25,30H,4,9-10,15-22H2,1H3,(H2,29,34)(H,31,33). The topological polar surface area (TPSA) is 96.7 Å². The molecule has 0 saturated carbocycles. The van der Waals surface area contributed by atoms with E-state index in [2.05, 4.69) is 15.5 Å². The highest BCUT2D eigenvalue weighted by atomic mass is 16.5. The molecule has 3 rings (SSSR count). The quantitative estimate of drug-likeness (QED) is 0.340. The van der Waals surface area contributed by atoms with Crippen LogP contribution in [0.3, 0.4) is 0 Å². The van der Waals surface area contributed by atoms with Crippen molar-refractivity contribution < 1.29 is 14.3 Å². The molecule has 2 amide bonds. The predicted octanol–water partition coefficient (Wildman–Crippen LogP) is 2.30. The third-order valence-electron chi connectivity index (χ3n) is 6.97. The number of unbranched alkanes of at least 4 members (excludes halogenated alkanes) is 2. The number of nitrogens with one attached hydrogen (secondary N) is 2. The number of nitrogens with two attached hydrogens (primary N) is 1. The summed E-state index contributed by atoms with van der Waals surface area (Å²) in [6, 6.07) is 20.0. The first kappa shape index (κ1) is 26.9. The number of hydrogen-bond acceptors (Lipinski definition) is 5. The zero-order chi connectivity index (χ0) is 24.9. The fraction of sp³-hybridized carbons (Fsp3) is 0.500. The smallest absolute Gasteiger partial charge is 0.233 e. The van der Waals surface area contributed by atoms with Crippen LogP contribution in [0.5, 0.6) is 0 Å². The summed E-state index contributed by atoms with van der Waals surface area (Å²) in [5.74, 6) is -0.142. The fourth-order valence-electron chi connectivity index (χ4n) is 5.22. The van der Waals surface area contributed by atoms with E-state index in [0.717, 1.165) is 56.4 Å². The zero-order valence-electron chi connectivity index (χ0n) is 20.9. The van der Waals surface area contributed by atoms with E-state index in [0.29, 0.717) is 26.2 Å². The Morgan fingerprint density at radius 3 is 2.26 bits per heavy atom. The Hall–Kier alpha value is -2.74. The van der Waals surface area contributed by atoms with Gasteiger partial charge in [-0.2, -0.15) is 0 Å². The Morgan fingerprint density at radius 1 is 1.00 bits per heavy atom. The number of hydrogen-bond donors (Lipinski definition) is 3. The molecule has 190 valence electrons. The first-order valence-corrected chi connectivity index (χ1v) is 12.7. The Labute approximate surface area is 209 Å². The summed E-state index contributed by atoms with van der Waals surface area (Å²) in [7, 11) is 1.64. The lowest BCUT2D eigenvalue weighted by Crippen LogP contribution is -2.49. The average molecular weight is 481 g/mol. The maximum Gasteiger partial charge on any atom is 0.233 e. The van der Waals surface area contributed by atoms with Crippen molar-refractivity contribution in [3.63, 3.8) is 0 Å². The summed E-state index contributed by atoms with van der Waals surface area (Å²) in [4.78, 5) is 27.4. The number of nitrogens with zero attached hydrogens (tertiary/aromatic N) is 1. The van der Waals surface area contributed by atoms with Gasteiger partial charge in [-0.25, -0.2) is 0 Å². The fourth-order valence-corrected chi connectivity index (χ4v) is 5.22. The van der Waals surface area contributed by atoms with Gasteiger partial charge in [0.2, 0.25) is 11.8 Å². The minimum Gasteiger partial charge on any atom is -0.383 e. The van der Waals surface area contributed by atoms with Gasteiger partial charge in [-0.05, 0) is 49.4 Å². The van der Waals surface area contributed by atoms with Gasteiger partial charge in [-0.1, -0.05) is 67.1 Å². The normalized spacial score (nSPS) is 16.3. The monoisotopic (exact) mass is 480 g/mol. The van der Waals surface area contributed by atoms with E-state index in [1.54, 1.807) is 7.11 Å². The van der Waals surface area contributed by atoms with E-state index in [1.807, 2.05) is 60.7 Å². The molecule has 4 N–H and O–H groups in total. The highest BCUT2D eigenvalue weighted by molar-refractivity contribution is 5.91. The third kappa shape index (κ3) is 7.13. The second-order valence-corrected chi connectivity index (χ2v) is 9.27. The van der Waals surface area contributed by atoms with E-state index < -0.39 is 5.41 Å². The number of primary amides is 1. The lowest BCUT2D eigenvalue weighted by atomic mass is 9.64. The van der Waals surface area contributed by atoms with Gasteiger partial charge in [0, 0.05) is 26.7 Å². The van der Waals surface area contributed by atoms with Crippen LogP contribution in [0.15, 0.2) is 60.7 Å². The lowest BCUT2D eigenvalue weighted by molar-refractivity contribution is -0.124. The summed E-state index contributed by atoms with van der Waals surface area (Å²) in [5, 5.41) is 6.00. The molecule has 7 nitrogen and oxygen atoms in total. The molecule has 1 aliphatic heterocycles. The van der Waals surface area contributed by atoms with E-state index in [1.165, 1.54) is 0 Å². The predicted molar refractivity (Wildman–Crippen MR) is 139 cm³/mol. The molecule has 0 radical (unpaired) electrons. The van der Waals surface area contributed by atoms with Crippen molar-refractivity contribution in [1.29, 1.82) is 0 Å². The Morgan fingerprint density at radius 2 is 1.66 bits per heavy atom. The molecule has 1 saturated heterocycles. The first-order chi connectivity index (χ1) is 17.1. The van der Waals surface area contributed by atoms with E-state index in [9.17, 15) is 9.59 Å². The summed E-state index contributed by atoms with van der Waals surface area (Å²) >= 11 is 0. The Bertz CT molecular complexity index is 867. The Balaban J connectivity index is 1.51. The van der Waals surface area contributed by atoms with Gasteiger partial charge in [-0.15, -0.1) is 0 Å². The van der Waals surface area contributed by atoms with Gasteiger partial charge in [0.05, 0.1) is 13.2 Å². The average Bonchev–Trinajstić information content (AvgIpc) is 3.34. The molecule has 0 aromatic heterocycles. The van der Waals surface area contributed by atoms with Crippen LogP contribution in [0.25, 0.3) is 0 Å². The first-order valence-electron chi connectivity index (χ1n) is 12.7. The van der Waals surface area contributed by atoms with Gasteiger partial charge in [0.1, 0.15) is 5.41 Å². The molecular weight excluding hydrogens is 440 g/mol. The highest BCUT2D eigenvalue weighted by Crippen LogP contribution is 2.43. The molecule has 1 unspecified atom stereocenters. The molecule has 2 aromatic carbocycles. The molecule has 2 aromatic rings. The summed E-state index contributed by atoms with van der Waals surface area (Å²) < 4.78 is 4.95. The minimum absolute atomic E-state index is 0.0214. The van der Waals surface area contributed by atoms with Crippen LogP contribution in [0.2, 0.25) is 0 Å². The third-order valence-corrected chi connectivity index (χ3v) is 6.97. The van der Waals surface area contributed by atoms with Crippen molar-refractivity contribution in [2.24, 2.45) is 11.7 Å². The van der Waals surface area contributed by atoms with Crippen LogP contribution in [0, 0.1) is 5.92 Å². The molecule has 1 aliphatic rings. The summed E-state index contributed by atoms with van der Waals surface area (Å²) in [6.45, 7) is 5.08. The number of carbonyl (C=O) groups is 2. The molecule has 1 heterocycles. The SMILES string of the molecule is COCCNCC(=O)NCCCCCN1CCC(C(C(N)=O)(c2ccccc2)c2ccccc2)C1. The molecule has 1 atom stereocenters. The van der Waals surface area contributed by atoms with E-state index >= 15 is 0 Å². The van der Waals surface area contributed by atoms with Crippen molar-refractivity contribution in [2.75, 3.05) is 53.0 Å². The van der Waals surface area contributed by atoms with Gasteiger partial charge in [0.15, 0.2) is 0 Å². The van der Waals surface area contributed by atoms with Crippen molar-refractivity contribution in [3.05, 3.63) is 71.8 Å². The molecule has 1 fully saturated rings. The van der Waals surface area contributed by atoms with Crippen LogP contribution in [0.4, 0.5) is 0 Å². The van der Waals surface area contributed by atoms with Crippen LogP contribution < -0.4 is 16.4 Å². The van der Waals surface area contributed by atoms with Gasteiger partial charge in [-0.3, -0.25) is 9.59 Å². The number of methoxy groups -OCH3 is 1. The minimum atomic E-state index is -0.834. The van der Waals surface area contributed by atoms with Gasteiger partial charge < -0.3 is 26.0 Å². The maximum atomic E-state index is 13.2. The second kappa shape index (κ2) is 14.0. The van der Waals surface area contributed by atoms with Gasteiger partial charge >= 0.3 is 0 Å². The molecule has 0 bridgehead atoms. The van der Waals surface area contributed by atoms with Crippen LogP contribution in [-0.2, 0) is 19.7 Å². The summed E-state index contributed by atoms with van der Waals surface area (Å²) in [5.41, 5.74) is 7.29. The number of amides is 2. The van der Waals surface area contributed by atoms with Gasteiger partial charge in [0.25, 0.3) is 0 Å². The molecule has 7 heteroatoms. The van der Waals surface area contributed by atoms with E-state index in [4.69, 9.17) is 10.5 Å². The molecular formula is C28H40N4O3. The number of carbonyl (C=O) groups excluding carboxylic acids is 2. The Kier molecular flexibility index (Phi) is 10.7. The lowest BCUT2D eigenvalue weighted by Gasteiger charge is -2.37. The van der Waals surface area contributed by atoms with Crippen molar-refractivity contribution in [3.8, 4) is 0 Å². The number of ether oxygens (including phenoxy) is 1. The zero-order valence-corrected chi connectivity index (χ0v) is 20.9. The molecule has 0 aliphatic carbocycles. The van der Waals surface area contributed by atoms with Crippen molar-refractivity contribution in [2.45, 2.75) is 31.1 Å². The molecule has 35 heavy (non-hydrogen) atoms. The second-order valence-electron chi connectivity index (χ2n) is 9.27. The van der Waals surface area contributed by atoms with Crippen LogP contribution in [-0.4, -0.2) is 69.7 Å². The number of rotatable bonds is 15. The largest absolute Gasteiger partial charge is 0.383 e. The molecule has 0 spiro atoms. The number of benzene rings is 2.